The molecule has 0 bridgehead atoms. The maximum absolute atomic E-state index is 13.3. The molecule has 36 heavy (non-hydrogen) atoms. The molecule has 3 aromatic rings. The molecule has 1 N–H and O–H groups in total. The average Bonchev–Trinajstić information content (AvgIpc) is 3.19. The highest BCUT2D eigenvalue weighted by molar-refractivity contribution is 6.32. The van der Waals surface area contributed by atoms with Crippen LogP contribution < -0.4 is 23.7 Å². The summed E-state index contributed by atoms with van der Waals surface area (Å²) in [6, 6.07) is 11.2. The Morgan fingerprint density at radius 3 is 2.36 bits per heavy atom. The standard InChI is InChI=1S/C27H21ClO8/c1-32-20-12-22(34-3)21(33-2)9-14(20)10-23-26(31)15-5-7-19-25(27(15)36-23)16(11-24(30)35-19)13-4-6-18(29)17(28)8-13/h4-10,12,16,29H,11H2,1-3H3/b23-10-/t16-/m0/s1. The van der Waals surface area contributed by atoms with Crippen molar-refractivity contribution < 1.29 is 38.4 Å². The van der Waals surface area contributed by atoms with Crippen molar-refractivity contribution in [3.63, 3.8) is 0 Å². The first-order chi connectivity index (χ1) is 17.3. The molecule has 5 rings (SSSR count). The Morgan fingerprint density at radius 2 is 1.67 bits per heavy atom. The van der Waals surface area contributed by atoms with Crippen LogP contribution in [0.25, 0.3) is 6.08 Å². The Kier molecular flexibility index (Phi) is 5.97. The number of halogens is 1. The summed E-state index contributed by atoms with van der Waals surface area (Å²) in [5, 5.41) is 9.99. The summed E-state index contributed by atoms with van der Waals surface area (Å²) in [5.74, 6) is 0.766. The van der Waals surface area contributed by atoms with E-state index in [1.165, 1.54) is 27.4 Å². The highest BCUT2D eigenvalue weighted by atomic mass is 35.5. The number of esters is 1. The molecule has 2 aliphatic rings. The molecule has 2 aliphatic heterocycles. The number of rotatable bonds is 5. The van der Waals surface area contributed by atoms with E-state index in [9.17, 15) is 14.7 Å². The number of hydrogen-bond donors (Lipinski definition) is 1. The zero-order valence-electron chi connectivity index (χ0n) is 19.6. The number of ether oxygens (including phenoxy) is 5. The number of phenols is 1. The van der Waals surface area contributed by atoms with E-state index in [2.05, 4.69) is 0 Å². The zero-order chi connectivity index (χ0) is 25.6. The second-order valence-corrected chi connectivity index (χ2v) is 8.59. The molecule has 0 amide bonds. The van der Waals surface area contributed by atoms with Gasteiger partial charge >= 0.3 is 5.97 Å². The molecular formula is C27H21ClO8. The van der Waals surface area contributed by atoms with Gasteiger partial charge in [-0.05, 0) is 42.0 Å². The minimum Gasteiger partial charge on any atom is -0.506 e. The highest BCUT2D eigenvalue weighted by Crippen LogP contribution is 2.50. The molecule has 8 nitrogen and oxygen atoms in total. The van der Waals surface area contributed by atoms with Crippen LogP contribution in [0.5, 0.6) is 34.5 Å². The van der Waals surface area contributed by atoms with E-state index in [4.69, 9.17) is 35.3 Å². The molecule has 0 aliphatic carbocycles. The van der Waals surface area contributed by atoms with E-state index >= 15 is 0 Å². The van der Waals surface area contributed by atoms with Gasteiger partial charge in [-0.1, -0.05) is 17.7 Å². The minimum atomic E-state index is -0.489. The molecule has 1 atom stereocenters. The van der Waals surface area contributed by atoms with Crippen LogP contribution in [0.2, 0.25) is 5.02 Å². The van der Waals surface area contributed by atoms with E-state index in [-0.39, 0.29) is 28.7 Å². The van der Waals surface area contributed by atoms with Crippen LogP contribution >= 0.6 is 11.6 Å². The highest BCUT2D eigenvalue weighted by Gasteiger charge is 2.38. The van der Waals surface area contributed by atoms with Crippen LogP contribution in [0.15, 0.2) is 48.2 Å². The fourth-order valence-electron chi connectivity index (χ4n) is 4.44. The molecular weight excluding hydrogens is 488 g/mol. The van der Waals surface area contributed by atoms with E-state index in [0.29, 0.717) is 51.0 Å². The van der Waals surface area contributed by atoms with Gasteiger partial charge in [-0.3, -0.25) is 9.59 Å². The van der Waals surface area contributed by atoms with Crippen molar-refractivity contribution in [3.05, 3.63) is 75.5 Å². The number of carbonyl (C=O) groups is 2. The molecule has 0 saturated heterocycles. The van der Waals surface area contributed by atoms with Crippen molar-refractivity contribution in [1.29, 1.82) is 0 Å². The van der Waals surface area contributed by atoms with Crippen LogP contribution in [0.3, 0.4) is 0 Å². The summed E-state index contributed by atoms with van der Waals surface area (Å²) < 4.78 is 27.7. The van der Waals surface area contributed by atoms with Crippen LogP contribution in [0, 0.1) is 0 Å². The predicted molar refractivity (Wildman–Crippen MR) is 131 cm³/mol. The number of ketones is 1. The molecule has 0 aromatic heterocycles. The Bertz CT molecular complexity index is 1440. The summed E-state index contributed by atoms with van der Waals surface area (Å²) >= 11 is 6.13. The van der Waals surface area contributed by atoms with Gasteiger partial charge in [0.15, 0.2) is 17.3 Å². The summed E-state index contributed by atoms with van der Waals surface area (Å²) in [6.07, 6.45) is 1.58. The van der Waals surface area contributed by atoms with E-state index in [0.717, 1.165) is 0 Å². The zero-order valence-corrected chi connectivity index (χ0v) is 20.3. The van der Waals surface area contributed by atoms with Crippen molar-refractivity contribution in [2.75, 3.05) is 21.3 Å². The van der Waals surface area contributed by atoms with Gasteiger partial charge in [0.05, 0.1) is 38.3 Å². The van der Waals surface area contributed by atoms with Crippen molar-refractivity contribution in [3.8, 4) is 34.5 Å². The van der Waals surface area contributed by atoms with E-state index in [1.54, 1.807) is 42.5 Å². The Hall–Kier alpha value is -4.17. The monoisotopic (exact) mass is 508 g/mol. The van der Waals surface area contributed by atoms with Gasteiger partial charge < -0.3 is 28.8 Å². The van der Waals surface area contributed by atoms with Crippen LogP contribution in [-0.4, -0.2) is 38.2 Å². The third kappa shape index (κ3) is 3.89. The number of methoxy groups -OCH3 is 3. The average molecular weight is 509 g/mol. The van der Waals surface area contributed by atoms with Gasteiger partial charge in [0.2, 0.25) is 5.78 Å². The largest absolute Gasteiger partial charge is 0.506 e. The van der Waals surface area contributed by atoms with Gasteiger partial charge in [-0.25, -0.2) is 0 Å². The molecule has 0 radical (unpaired) electrons. The molecule has 0 unspecified atom stereocenters. The summed E-state index contributed by atoms with van der Waals surface area (Å²) in [6.45, 7) is 0. The van der Waals surface area contributed by atoms with Crippen molar-refractivity contribution in [1.82, 2.24) is 0 Å². The lowest BCUT2D eigenvalue weighted by molar-refractivity contribution is -0.135. The number of allylic oxidation sites excluding steroid dienone is 1. The van der Waals surface area contributed by atoms with Crippen LogP contribution in [0.4, 0.5) is 0 Å². The lowest BCUT2D eigenvalue weighted by Gasteiger charge is -2.26. The third-order valence-corrected chi connectivity index (χ3v) is 6.48. The SMILES string of the molecule is COc1cc(OC)c(OC)cc1/C=C1\Oc2c(ccc3c2[C@H](c2ccc(O)c(Cl)c2)CC(=O)O3)C1=O. The number of fused-ring (bicyclic) bond motifs is 3. The number of phenolic OH excluding ortho intramolecular Hbond substituents is 1. The molecule has 0 spiro atoms. The van der Waals surface area contributed by atoms with E-state index in [1.807, 2.05) is 0 Å². The van der Waals surface area contributed by atoms with Gasteiger partial charge in [-0.2, -0.15) is 0 Å². The molecule has 184 valence electrons. The van der Waals surface area contributed by atoms with Crippen molar-refractivity contribution in [2.45, 2.75) is 12.3 Å². The second kappa shape index (κ2) is 9.13. The maximum Gasteiger partial charge on any atom is 0.312 e. The normalized spacial score (nSPS) is 17.2. The summed E-state index contributed by atoms with van der Waals surface area (Å²) in [5.41, 5.74) is 2.13. The van der Waals surface area contributed by atoms with Crippen molar-refractivity contribution in [2.24, 2.45) is 0 Å². The fraction of sp³-hybridized carbons (Fsp3) is 0.185. The van der Waals surface area contributed by atoms with Crippen molar-refractivity contribution >= 4 is 29.4 Å². The molecule has 9 heteroatoms. The molecule has 0 fully saturated rings. The Balaban J connectivity index is 1.61. The lowest BCUT2D eigenvalue weighted by atomic mass is 9.84. The molecule has 0 saturated carbocycles. The summed E-state index contributed by atoms with van der Waals surface area (Å²) in [4.78, 5) is 25.7. The second-order valence-electron chi connectivity index (χ2n) is 8.18. The van der Waals surface area contributed by atoms with Gasteiger partial charge in [0.25, 0.3) is 0 Å². The number of carbonyl (C=O) groups excluding carboxylic acids is 2. The molecule has 2 heterocycles. The third-order valence-electron chi connectivity index (χ3n) is 6.18. The number of aromatic hydroxyl groups is 1. The van der Waals surface area contributed by atoms with Gasteiger partial charge in [0.1, 0.15) is 23.0 Å². The lowest BCUT2D eigenvalue weighted by Crippen LogP contribution is -2.21. The fourth-order valence-corrected chi connectivity index (χ4v) is 4.63. The quantitative estimate of drug-likeness (QED) is 0.287. The van der Waals surface area contributed by atoms with Gasteiger partial charge in [-0.15, -0.1) is 0 Å². The first kappa shape index (κ1) is 23.6. The first-order valence-electron chi connectivity index (χ1n) is 10.9. The summed E-state index contributed by atoms with van der Waals surface area (Å²) in [7, 11) is 4.54. The number of Topliss-reactive ketones (excluding diaryl/α,β-unsaturated/α-hetero) is 1. The number of hydrogen-bond acceptors (Lipinski definition) is 8. The number of benzene rings is 3. The topological polar surface area (TPSA) is 101 Å². The van der Waals surface area contributed by atoms with Crippen LogP contribution in [0.1, 0.15) is 39.4 Å². The Morgan fingerprint density at radius 1 is 0.944 bits per heavy atom. The van der Waals surface area contributed by atoms with Gasteiger partial charge in [0, 0.05) is 23.1 Å². The predicted octanol–water partition coefficient (Wildman–Crippen LogP) is 5.13. The first-order valence-corrected chi connectivity index (χ1v) is 11.3. The Labute approximate surface area is 211 Å². The van der Waals surface area contributed by atoms with Crippen LogP contribution in [-0.2, 0) is 4.79 Å². The molecule has 3 aromatic carbocycles. The smallest absolute Gasteiger partial charge is 0.312 e. The van der Waals surface area contributed by atoms with E-state index < -0.39 is 11.9 Å². The maximum atomic E-state index is 13.3. The minimum absolute atomic E-state index is 0.0185.